The third-order valence-corrected chi connectivity index (χ3v) is 4.90. The number of carbonyl (C=O) groups is 1. The Bertz CT molecular complexity index is 520. The highest BCUT2D eigenvalue weighted by Crippen LogP contribution is 2.29. The number of piperidine rings is 2. The molecule has 0 radical (unpaired) electrons. The number of pyridine rings is 1. The number of aromatic nitrogens is 1. The normalized spacial score (nSPS) is 23.0. The Hall–Kier alpha value is -1.56. The molecule has 0 atom stereocenters. The number of likely N-dealkylation sites (tertiary alicyclic amines) is 2. The van der Waals surface area contributed by atoms with E-state index in [4.69, 9.17) is 0 Å². The Morgan fingerprint density at radius 2 is 1.74 bits per heavy atom. The van der Waals surface area contributed by atoms with Gasteiger partial charge in [-0.1, -0.05) is 0 Å². The van der Waals surface area contributed by atoms with Gasteiger partial charge in [0.05, 0.1) is 0 Å². The van der Waals surface area contributed by atoms with Gasteiger partial charge in [-0.05, 0) is 43.6 Å². The lowest BCUT2D eigenvalue weighted by atomic mass is 9.93. The molecule has 6 heteroatoms. The van der Waals surface area contributed by atoms with Crippen molar-refractivity contribution in [1.82, 2.24) is 14.8 Å². The van der Waals surface area contributed by atoms with E-state index in [1.54, 1.807) is 17.3 Å². The van der Waals surface area contributed by atoms with Crippen LogP contribution in [0.4, 0.5) is 8.78 Å². The molecule has 1 amide bonds. The van der Waals surface area contributed by atoms with Crippen molar-refractivity contribution in [3.05, 3.63) is 30.1 Å². The Morgan fingerprint density at radius 1 is 1.13 bits per heavy atom. The summed E-state index contributed by atoms with van der Waals surface area (Å²) in [7, 11) is 0. The summed E-state index contributed by atoms with van der Waals surface area (Å²) in [6, 6.07) is 4.01. The Morgan fingerprint density at radius 3 is 2.35 bits per heavy atom. The minimum absolute atomic E-state index is 0.00425. The number of hydrogen-bond acceptors (Lipinski definition) is 3. The lowest BCUT2D eigenvalue weighted by molar-refractivity contribution is -0.143. The van der Waals surface area contributed by atoms with Crippen molar-refractivity contribution in [3.8, 4) is 0 Å². The Kier molecular flexibility index (Phi) is 4.90. The van der Waals surface area contributed by atoms with Crippen molar-refractivity contribution in [2.24, 2.45) is 5.92 Å². The highest BCUT2D eigenvalue weighted by atomic mass is 19.3. The van der Waals surface area contributed by atoms with Gasteiger partial charge in [0, 0.05) is 50.8 Å². The van der Waals surface area contributed by atoms with E-state index in [1.165, 1.54) is 5.56 Å². The first-order valence-corrected chi connectivity index (χ1v) is 8.31. The molecule has 2 aliphatic rings. The van der Waals surface area contributed by atoms with Crippen LogP contribution in [0.25, 0.3) is 0 Å². The van der Waals surface area contributed by atoms with E-state index < -0.39 is 5.92 Å². The summed E-state index contributed by atoms with van der Waals surface area (Å²) in [5.74, 6) is -2.52. The third-order valence-electron chi connectivity index (χ3n) is 4.90. The van der Waals surface area contributed by atoms with Gasteiger partial charge in [0.25, 0.3) is 5.92 Å². The molecule has 0 aromatic carbocycles. The average Bonchev–Trinajstić information content (AvgIpc) is 2.56. The molecule has 2 fully saturated rings. The molecule has 3 rings (SSSR count). The van der Waals surface area contributed by atoms with Crippen LogP contribution in [0, 0.1) is 5.92 Å². The molecule has 23 heavy (non-hydrogen) atoms. The topological polar surface area (TPSA) is 36.4 Å². The van der Waals surface area contributed by atoms with E-state index in [0.29, 0.717) is 0 Å². The van der Waals surface area contributed by atoms with Crippen LogP contribution in [0.3, 0.4) is 0 Å². The minimum atomic E-state index is -2.59. The SMILES string of the molecule is O=C(C1CCN(Cc2ccncc2)CC1)N1CCC(F)(F)CC1. The number of alkyl halides is 2. The lowest BCUT2D eigenvalue weighted by Crippen LogP contribution is -2.47. The predicted octanol–water partition coefficient (Wildman–Crippen LogP) is 2.55. The van der Waals surface area contributed by atoms with Crippen LogP contribution in [0.1, 0.15) is 31.2 Å². The first-order valence-electron chi connectivity index (χ1n) is 8.31. The maximum atomic E-state index is 13.2. The molecule has 0 bridgehead atoms. The molecule has 4 nitrogen and oxygen atoms in total. The van der Waals surface area contributed by atoms with E-state index in [1.807, 2.05) is 12.1 Å². The van der Waals surface area contributed by atoms with Crippen LogP contribution in [0.2, 0.25) is 0 Å². The van der Waals surface area contributed by atoms with E-state index >= 15 is 0 Å². The summed E-state index contributed by atoms with van der Waals surface area (Å²) >= 11 is 0. The van der Waals surface area contributed by atoms with Crippen molar-refractivity contribution in [1.29, 1.82) is 0 Å². The second kappa shape index (κ2) is 6.91. The van der Waals surface area contributed by atoms with Crippen LogP contribution >= 0.6 is 0 Å². The van der Waals surface area contributed by atoms with Gasteiger partial charge < -0.3 is 4.90 Å². The Balaban J connectivity index is 1.46. The molecule has 0 unspecified atom stereocenters. The number of halogens is 2. The van der Waals surface area contributed by atoms with Crippen molar-refractivity contribution in [3.63, 3.8) is 0 Å². The second-order valence-electron chi connectivity index (χ2n) is 6.59. The molecule has 1 aromatic heterocycles. The Labute approximate surface area is 135 Å². The van der Waals surface area contributed by atoms with E-state index in [-0.39, 0.29) is 37.8 Å². The van der Waals surface area contributed by atoms with Gasteiger partial charge in [0.2, 0.25) is 5.91 Å². The van der Waals surface area contributed by atoms with Crippen LogP contribution in [0.15, 0.2) is 24.5 Å². The van der Waals surface area contributed by atoms with E-state index in [0.717, 1.165) is 32.5 Å². The molecule has 126 valence electrons. The summed E-state index contributed by atoms with van der Waals surface area (Å²) in [6.45, 7) is 3.02. The smallest absolute Gasteiger partial charge is 0.251 e. The molecule has 3 heterocycles. The molecule has 0 N–H and O–H groups in total. The van der Waals surface area contributed by atoms with Crippen molar-refractivity contribution in [2.45, 2.75) is 38.2 Å². The number of amides is 1. The van der Waals surface area contributed by atoms with Crippen molar-refractivity contribution in [2.75, 3.05) is 26.2 Å². The number of nitrogens with zero attached hydrogens (tertiary/aromatic N) is 3. The van der Waals surface area contributed by atoms with Gasteiger partial charge in [-0.25, -0.2) is 8.78 Å². The van der Waals surface area contributed by atoms with Gasteiger partial charge in [0.1, 0.15) is 0 Å². The maximum absolute atomic E-state index is 13.2. The fraction of sp³-hybridized carbons (Fsp3) is 0.647. The van der Waals surface area contributed by atoms with Gasteiger partial charge in [-0.2, -0.15) is 0 Å². The maximum Gasteiger partial charge on any atom is 0.251 e. The van der Waals surface area contributed by atoms with Gasteiger partial charge in [-0.15, -0.1) is 0 Å². The summed E-state index contributed by atoms with van der Waals surface area (Å²) in [5.41, 5.74) is 1.23. The van der Waals surface area contributed by atoms with Crippen LogP contribution in [0.5, 0.6) is 0 Å². The molecule has 1 aromatic rings. The largest absolute Gasteiger partial charge is 0.342 e. The second-order valence-corrected chi connectivity index (χ2v) is 6.59. The fourth-order valence-corrected chi connectivity index (χ4v) is 3.40. The highest BCUT2D eigenvalue weighted by Gasteiger charge is 2.37. The zero-order valence-electron chi connectivity index (χ0n) is 13.3. The van der Waals surface area contributed by atoms with Crippen LogP contribution < -0.4 is 0 Å². The van der Waals surface area contributed by atoms with Gasteiger partial charge in [0.15, 0.2) is 0 Å². The highest BCUT2D eigenvalue weighted by molar-refractivity contribution is 5.79. The van der Waals surface area contributed by atoms with Gasteiger partial charge in [-0.3, -0.25) is 14.7 Å². The quantitative estimate of drug-likeness (QED) is 0.858. The summed E-state index contributed by atoms with van der Waals surface area (Å²) in [5, 5.41) is 0. The summed E-state index contributed by atoms with van der Waals surface area (Å²) < 4.78 is 26.4. The molecule has 0 spiro atoms. The first-order chi connectivity index (χ1) is 11.0. The molecular formula is C17H23F2N3O. The lowest BCUT2D eigenvalue weighted by Gasteiger charge is -2.37. The monoisotopic (exact) mass is 323 g/mol. The van der Waals surface area contributed by atoms with Gasteiger partial charge >= 0.3 is 0 Å². The van der Waals surface area contributed by atoms with E-state index in [9.17, 15) is 13.6 Å². The third kappa shape index (κ3) is 4.25. The molecule has 2 aliphatic heterocycles. The molecular weight excluding hydrogens is 300 g/mol. The minimum Gasteiger partial charge on any atom is -0.342 e. The van der Waals surface area contributed by atoms with Crippen molar-refractivity contribution >= 4 is 5.91 Å². The average molecular weight is 323 g/mol. The molecule has 0 saturated carbocycles. The van der Waals surface area contributed by atoms with E-state index in [2.05, 4.69) is 9.88 Å². The molecule has 2 saturated heterocycles. The predicted molar refractivity (Wildman–Crippen MR) is 83.0 cm³/mol. The zero-order chi connectivity index (χ0) is 16.3. The first kappa shape index (κ1) is 16.3. The summed E-state index contributed by atoms with van der Waals surface area (Å²) in [4.78, 5) is 20.5. The fourth-order valence-electron chi connectivity index (χ4n) is 3.40. The van der Waals surface area contributed by atoms with Crippen LogP contribution in [-0.4, -0.2) is 52.8 Å². The van der Waals surface area contributed by atoms with Crippen molar-refractivity contribution < 1.29 is 13.6 Å². The molecule has 0 aliphatic carbocycles. The number of rotatable bonds is 3. The number of carbonyl (C=O) groups excluding carboxylic acids is 1. The number of hydrogen-bond donors (Lipinski definition) is 0. The zero-order valence-corrected chi connectivity index (χ0v) is 13.3. The van der Waals surface area contributed by atoms with Crippen LogP contribution in [-0.2, 0) is 11.3 Å². The summed E-state index contributed by atoms with van der Waals surface area (Å²) in [6.07, 6.45) is 4.82. The standard InChI is InChI=1S/C17H23F2N3O/c18-17(19)5-11-22(12-6-17)16(23)15-3-9-21(10-4-15)13-14-1-7-20-8-2-14/h1-2,7-8,15H,3-6,9-13H2.